The van der Waals surface area contributed by atoms with E-state index in [1.165, 1.54) is 0 Å². The molecule has 0 bridgehead atoms. The summed E-state index contributed by atoms with van der Waals surface area (Å²) in [6, 6.07) is 0. The molecule has 0 aromatic heterocycles. The minimum atomic E-state index is -0.424. The van der Waals surface area contributed by atoms with Crippen LogP contribution in [0.4, 0.5) is 0 Å². The normalized spacial score (nSPS) is 31.2. The van der Waals surface area contributed by atoms with Crippen molar-refractivity contribution < 1.29 is 5.11 Å². The lowest BCUT2D eigenvalue weighted by molar-refractivity contribution is 0.172. The summed E-state index contributed by atoms with van der Waals surface area (Å²) in [6.45, 7) is 10.9. The Morgan fingerprint density at radius 1 is 1.25 bits per heavy atom. The van der Waals surface area contributed by atoms with Crippen molar-refractivity contribution in [2.45, 2.75) is 40.2 Å². The molecule has 1 atom stereocenters. The van der Waals surface area contributed by atoms with Crippen LogP contribution in [-0.2, 0) is 0 Å². The van der Waals surface area contributed by atoms with Crippen LogP contribution in [0.2, 0.25) is 0 Å². The van der Waals surface area contributed by atoms with E-state index in [1.54, 1.807) is 0 Å². The van der Waals surface area contributed by atoms with Gasteiger partial charge < -0.3 is 10.8 Å². The maximum atomic E-state index is 9.14. The third kappa shape index (κ3) is 1.01. The molecule has 0 radical (unpaired) electrons. The van der Waals surface area contributed by atoms with Crippen molar-refractivity contribution in [3.8, 4) is 0 Å². The van der Waals surface area contributed by atoms with Gasteiger partial charge in [0, 0.05) is 5.54 Å². The highest BCUT2D eigenvalue weighted by Gasteiger charge is 2.69. The van der Waals surface area contributed by atoms with Crippen LogP contribution in [0.1, 0.15) is 34.6 Å². The van der Waals surface area contributed by atoms with E-state index < -0.39 is 5.54 Å². The summed E-state index contributed by atoms with van der Waals surface area (Å²) in [6.07, 6.45) is 0. The summed E-state index contributed by atoms with van der Waals surface area (Å²) in [5, 5.41) is 9.14. The second kappa shape index (κ2) is 2.24. The van der Waals surface area contributed by atoms with Crippen LogP contribution in [0.15, 0.2) is 0 Å². The van der Waals surface area contributed by atoms with Gasteiger partial charge in [-0.15, -0.1) is 0 Å². The van der Waals surface area contributed by atoms with Crippen molar-refractivity contribution in [1.29, 1.82) is 0 Å². The summed E-state index contributed by atoms with van der Waals surface area (Å²) < 4.78 is 0. The Morgan fingerprint density at radius 2 is 1.58 bits per heavy atom. The summed E-state index contributed by atoms with van der Waals surface area (Å²) in [4.78, 5) is 0. The fourth-order valence-electron chi connectivity index (χ4n) is 2.94. The average Bonchev–Trinajstić information content (AvgIpc) is 2.25. The van der Waals surface area contributed by atoms with Crippen LogP contribution < -0.4 is 5.73 Å². The first-order chi connectivity index (χ1) is 5.18. The van der Waals surface area contributed by atoms with E-state index in [0.717, 1.165) is 0 Å². The maximum Gasteiger partial charge on any atom is 0.0611 e. The lowest BCUT2D eigenvalue weighted by atomic mass is 9.92. The van der Waals surface area contributed by atoms with Gasteiger partial charge in [-0.1, -0.05) is 27.7 Å². The minimum Gasteiger partial charge on any atom is -0.394 e. The van der Waals surface area contributed by atoms with E-state index in [1.807, 2.05) is 6.92 Å². The van der Waals surface area contributed by atoms with E-state index in [4.69, 9.17) is 10.8 Å². The standard InChI is InChI=1S/C10H21NO/c1-8(2)7(9(8,3)4)10(5,11)6-12/h7,12H,6,11H2,1-5H3. The number of hydrogen-bond acceptors (Lipinski definition) is 2. The molecule has 1 aliphatic rings. The minimum absolute atomic E-state index is 0.0739. The third-order valence-electron chi connectivity index (χ3n) is 4.02. The largest absolute Gasteiger partial charge is 0.394 e. The van der Waals surface area contributed by atoms with Gasteiger partial charge in [-0.25, -0.2) is 0 Å². The van der Waals surface area contributed by atoms with Crippen LogP contribution in [0.5, 0.6) is 0 Å². The van der Waals surface area contributed by atoms with Gasteiger partial charge in [-0.2, -0.15) is 0 Å². The molecule has 12 heavy (non-hydrogen) atoms. The van der Waals surface area contributed by atoms with Crippen LogP contribution in [0, 0.1) is 16.7 Å². The molecule has 0 amide bonds. The number of hydrogen-bond donors (Lipinski definition) is 2. The molecular weight excluding hydrogens is 150 g/mol. The Labute approximate surface area is 75.2 Å². The Bertz CT molecular complexity index is 180. The van der Waals surface area contributed by atoms with Crippen molar-refractivity contribution in [2.75, 3.05) is 6.61 Å². The SMILES string of the molecule is CC(N)(CO)C1C(C)(C)C1(C)C. The highest BCUT2D eigenvalue weighted by molar-refractivity contribution is 5.19. The first-order valence-corrected chi connectivity index (χ1v) is 4.57. The molecule has 0 spiro atoms. The van der Waals surface area contributed by atoms with Gasteiger partial charge in [-0.05, 0) is 23.7 Å². The fourth-order valence-corrected chi connectivity index (χ4v) is 2.94. The topological polar surface area (TPSA) is 46.2 Å². The lowest BCUT2D eigenvalue weighted by Crippen LogP contribution is -2.44. The van der Waals surface area contributed by atoms with Gasteiger partial charge in [-0.3, -0.25) is 0 Å². The first-order valence-electron chi connectivity index (χ1n) is 4.57. The van der Waals surface area contributed by atoms with Crippen LogP contribution >= 0.6 is 0 Å². The summed E-state index contributed by atoms with van der Waals surface area (Å²) in [7, 11) is 0. The Kier molecular flexibility index (Phi) is 1.86. The summed E-state index contributed by atoms with van der Waals surface area (Å²) in [5.41, 5.74) is 6.13. The molecular formula is C10H21NO. The van der Waals surface area contributed by atoms with Crippen LogP contribution in [0.3, 0.4) is 0 Å². The molecule has 0 aromatic rings. The molecule has 1 fully saturated rings. The van der Waals surface area contributed by atoms with E-state index in [-0.39, 0.29) is 17.4 Å². The Balaban J connectivity index is 2.84. The van der Waals surface area contributed by atoms with E-state index in [0.29, 0.717) is 5.92 Å². The van der Waals surface area contributed by atoms with Gasteiger partial charge >= 0.3 is 0 Å². The molecule has 1 unspecified atom stereocenters. The van der Waals surface area contributed by atoms with Gasteiger partial charge in [0.05, 0.1) is 6.61 Å². The first kappa shape index (κ1) is 10.0. The number of aliphatic hydroxyl groups is 1. The maximum absolute atomic E-state index is 9.14. The second-order valence-corrected chi connectivity index (χ2v) is 5.54. The van der Waals surface area contributed by atoms with Crippen molar-refractivity contribution in [3.63, 3.8) is 0 Å². The molecule has 0 heterocycles. The molecule has 3 N–H and O–H groups in total. The summed E-state index contributed by atoms with van der Waals surface area (Å²) in [5.74, 6) is 0.419. The number of rotatable bonds is 2. The molecule has 1 aliphatic carbocycles. The molecule has 2 nitrogen and oxygen atoms in total. The van der Waals surface area contributed by atoms with Crippen molar-refractivity contribution in [3.05, 3.63) is 0 Å². The predicted octanol–water partition coefficient (Wildman–Crippen LogP) is 1.38. The Morgan fingerprint density at radius 3 is 1.67 bits per heavy atom. The predicted molar refractivity (Wildman–Crippen MR) is 50.7 cm³/mol. The van der Waals surface area contributed by atoms with E-state index in [2.05, 4.69) is 27.7 Å². The highest BCUT2D eigenvalue weighted by atomic mass is 16.3. The van der Waals surface area contributed by atoms with Crippen molar-refractivity contribution in [1.82, 2.24) is 0 Å². The molecule has 2 heteroatoms. The smallest absolute Gasteiger partial charge is 0.0611 e. The van der Waals surface area contributed by atoms with Gasteiger partial charge in [0.25, 0.3) is 0 Å². The lowest BCUT2D eigenvalue weighted by Gasteiger charge is -2.24. The fraction of sp³-hybridized carbons (Fsp3) is 1.00. The number of aliphatic hydroxyl groups excluding tert-OH is 1. The van der Waals surface area contributed by atoms with Gasteiger partial charge in [0.1, 0.15) is 0 Å². The molecule has 0 aromatic carbocycles. The Hall–Kier alpha value is -0.0800. The third-order valence-corrected chi connectivity index (χ3v) is 4.02. The van der Waals surface area contributed by atoms with Crippen molar-refractivity contribution >= 4 is 0 Å². The zero-order valence-electron chi connectivity index (χ0n) is 8.81. The summed E-state index contributed by atoms with van der Waals surface area (Å²) >= 11 is 0. The number of nitrogens with two attached hydrogens (primary N) is 1. The van der Waals surface area contributed by atoms with E-state index in [9.17, 15) is 0 Å². The second-order valence-electron chi connectivity index (χ2n) is 5.54. The van der Waals surface area contributed by atoms with Gasteiger partial charge in [0.15, 0.2) is 0 Å². The quantitative estimate of drug-likeness (QED) is 0.659. The highest BCUT2D eigenvalue weighted by Crippen LogP contribution is 2.71. The zero-order valence-corrected chi connectivity index (χ0v) is 8.81. The monoisotopic (exact) mass is 171 g/mol. The van der Waals surface area contributed by atoms with Crippen LogP contribution in [0.25, 0.3) is 0 Å². The molecule has 0 saturated heterocycles. The zero-order chi connectivity index (χ0) is 9.78. The average molecular weight is 171 g/mol. The van der Waals surface area contributed by atoms with Crippen molar-refractivity contribution in [2.24, 2.45) is 22.5 Å². The molecule has 1 rings (SSSR count). The van der Waals surface area contributed by atoms with E-state index >= 15 is 0 Å². The van der Waals surface area contributed by atoms with Crippen LogP contribution in [-0.4, -0.2) is 17.3 Å². The molecule has 0 aliphatic heterocycles. The van der Waals surface area contributed by atoms with Gasteiger partial charge in [0.2, 0.25) is 0 Å². The molecule has 72 valence electrons. The molecule has 1 saturated carbocycles.